The predicted molar refractivity (Wildman–Crippen MR) is 119 cm³/mol. The minimum atomic E-state index is -0.786. The van der Waals surface area contributed by atoms with Crippen LogP contribution in [0.15, 0.2) is 33.0 Å². The normalized spacial score (nSPS) is 24.1. The van der Waals surface area contributed by atoms with Gasteiger partial charge >= 0.3 is 5.97 Å². The molecule has 2 aliphatic rings. The molecule has 1 aliphatic carbocycles. The number of hydrogen-bond donors (Lipinski definition) is 2. The van der Waals surface area contributed by atoms with E-state index < -0.39 is 29.7 Å². The summed E-state index contributed by atoms with van der Waals surface area (Å²) in [7, 11) is 0. The number of benzene rings is 1. The van der Waals surface area contributed by atoms with Crippen molar-refractivity contribution in [1.82, 2.24) is 0 Å². The fourth-order valence-corrected chi connectivity index (χ4v) is 4.95. The lowest BCUT2D eigenvalue weighted by atomic mass is 9.72. The molecule has 7 nitrogen and oxygen atoms in total. The molecule has 1 fully saturated rings. The summed E-state index contributed by atoms with van der Waals surface area (Å²) >= 11 is 0. The molecular weight excluding hydrogens is 412 g/mol. The Morgan fingerprint density at radius 1 is 1.28 bits per heavy atom. The highest BCUT2D eigenvalue weighted by Gasteiger charge is 2.50. The fourth-order valence-electron chi connectivity index (χ4n) is 4.95. The van der Waals surface area contributed by atoms with Gasteiger partial charge in [-0.15, -0.1) is 0 Å². The van der Waals surface area contributed by atoms with Gasteiger partial charge in [0, 0.05) is 35.6 Å². The largest absolute Gasteiger partial charge is 0.507 e. The second-order valence-corrected chi connectivity index (χ2v) is 9.00. The number of phenolic OH excluding ortho intramolecular Hbond substituents is 1. The fraction of sp³-hybridized carbons (Fsp3) is 0.520. The predicted octanol–water partition coefficient (Wildman–Crippen LogP) is 4.14. The van der Waals surface area contributed by atoms with E-state index in [2.05, 4.69) is 0 Å². The number of aliphatic hydroxyl groups excluding tert-OH is 1. The SMILES string of the molecule is CC=C(C)C(=O)OC1Cc2c(cc3oc(CO)cc(=O)c3c2O)OC1(C)C1CCCCC1. The lowest BCUT2D eigenvalue weighted by Gasteiger charge is -2.47. The van der Waals surface area contributed by atoms with E-state index in [1.165, 1.54) is 6.42 Å². The lowest BCUT2D eigenvalue weighted by Crippen LogP contribution is -2.56. The number of allylic oxidation sites excluding steroid dienone is 1. The van der Waals surface area contributed by atoms with Gasteiger partial charge in [0.25, 0.3) is 0 Å². The van der Waals surface area contributed by atoms with Crippen molar-refractivity contribution < 1.29 is 28.9 Å². The third-order valence-electron chi connectivity index (χ3n) is 7.04. The highest BCUT2D eigenvalue weighted by Crippen LogP contribution is 2.48. The van der Waals surface area contributed by atoms with Crippen molar-refractivity contribution in [3.05, 3.63) is 45.3 Å². The van der Waals surface area contributed by atoms with Gasteiger partial charge in [0.1, 0.15) is 46.5 Å². The van der Waals surface area contributed by atoms with Crippen LogP contribution in [0.25, 0.3) is 11.0 Å². The summed E-state index contributed by atoms with van der Waals surface area (Å²) in [6, 6.07) is 2.76. The summed E-state index contributed by atoms with van der Waals surface area (Å²) in [5, 5.41) is 20.4. The zero-order valence-corrected chi connectivity index (χ0v) is 18.8. The molecule has 2 heterocycles. The van der Waals surface area contributed by atoms with Gasteiger partial charge in [-0.05, 0) is 33.6 Å². The molecule has 0 amide bonds. The van der Waals surface area contributed by atoms with Crippen LogP contribution < -0.4 is 10.2 Å². The van der Waals surface area contributed by atoms with Crippen molar-refractivity contribution in [2.75, 3.05) is 0 Å². The van der Waals surface area contributed by atoms with E-state index in [0.717, 1.165) is 31.7 Å². The molecule has 1 saturated carbocycles. The highest BCUT2D eigenvalue weighted by molar-refractivity contribution is 5.88. The molecular formula is C25H30O7. The van der Waals surface area contributed by atoms with Crippen molar-refractivity contribution in [3.8, 4) is 11.5 Å². The van der Waals surface area contributed by atoms with E-state index in [1.807, 2.05) is 6.92 Å². The van der Waals surface area contributed by atoms with Crippen molar-refractivity contribution in [1.29, 1.82) is 0 Å². The highest BCUT2D eigenvalue weighted by atomic mass is 16.6. The first-order chi connectivity index (χ1) is 15.3. The average molecular weight is 443 g/mol. The second-order valence-electron chi connectivity index (χ2n) is 9.00. The minimum Gasteiger partial charge on any atom is -0.507 e. The third kappa shape index (κ3) is 3.79. The second kappa shape index (κ2) is 8.62. The maximum absolute atomic E-state index is 12.6. The Kier molecular flexibility index (Phi) is 6.03. The van der Waals surface area contributed by atoms with Crippen LogP contribution in [-0.2, 0) is 22.6 Å². The van der Waals surface area contributed by atoms with Gasteiger partial charge < -0.3 is 24.1 Å². The molecule has 0 bridgehead atoms. The number of fused-ring (bicyclic) bond motifs is 2. The van der Waals surface area contributed by atoms with E-state index >= 15 is 0 Å². The Bertz CT molecular complexity index is 1120. The number of carbonyl (C=O) groups is 1. The topological polar surface area (TPSA) is 106 Å². The molecule has 172 valence electrons. The summed E-state index contributed by atoms with van der Waals surface area (Å²) in [5.41, 5.74) is -0.155. The van der Waals surface area contributed by atoms with E-state index in [4.69, 9.17) is 13.9 Å². The van der Waals surface area contributed by atoms with Gasteiger partial charge in [-0.2, -0.15) is 0 Å². The van der Waals surface area contributed by atoms with Crippen LogP contribution in [-0.4, -0.2) is 27.9 Å². The van der Waals surface area contributed by atoms with E-state index in [9.17, 15) is 19.8 Å². The molecule has 0 spiro atoms. The summed E-state index contributed by atoms with van der Waals surface area (Å²) in [6.07, 6.45) is 6.59. The van der Waals surface area contributed by atoms with Crippen LogP contribution in [0, 0.1) is 5.92 Å². The smallest absolute Gasteiger partial charge is 0.333 e. The molecule has 1 aromatic heterocycles. The first-order valence-corrected chi connectivity index (χ1v) is 11.2. The number of rotatable bonds is 4. The maximum Gasteiger partial charge on any atom is 0.333 e. The lowest BCUT2D eigenvalue weighted by molar-refractivity contribution is -0.166. The number of esters is 1. The Morgan fingerprint density at radius 2 is 2.00 bits per heavy atom. The van der Waals surface area contributed by atoms with Gasteiger partial charge in [0.05, 0.1) is 0 Å². The molecule has 2 aromatic rings. The number of phenols is 1. The minimum absolute atomic E-state index is 0.0283. The van der Waals surface area contributed by atoms with Gasteiger partial charge in [0.2, 0.25) is 0 Å². The maximum atomic E-state index is 12.6. The molecule has 2 N–H and O–H groups in total. The summed E-state index contributed by atoms with van der Waals surface area (Å²) < 4.78 is 18.0. The van der Waals surface area contributed by atoms with Crippen molar-refractivity contribution in [2.45, 2.75) is 77.6 Å². The molecule has 0 saturated heterocycles. The molecule has 0 radical (unpaired) electrons. The van der Waals surface area contributed by atoms with Crippen LogP contribution in [0.4, 0.5) is 0 Å². The summed E-state index contributed by atoms with van der Waals surface area (Å²) in [6.45, 7) is 5.02. The van der Waals surface area contributed by atoms with Crippen molar-refractivity contribution >= 4 is 16.9 Å². The zero-order chi connectivity index (χ0) is 23.0. The molecule has 32 heavy (non-hydrogen) atoms. The molecule has 7 heteroatoms. The Labute approximate surface area is 186 Å². The van der Waals surface area contributed by atoms with Gasteiger partial charge in [-0.3, -0.25) is 4.79 Å². The number of carbonyl (C=O) groups excluding carboxylic acids is 1. The van der Waals surface area contributed by atoms with Crippen LogP contribution in [0.5, 0.6) is 11.5 Å². The van der Waals surface area contributed by atoms with E-state index in [-0.39, 0.29) is 34.8 Å². The van der Waals surface area contributed by atoms with Gasteiger partial charge in [-0.25, -0.2) is 4.79 Å². The Morgan fingerprint density at radius 3 is 2.66 bits per heavy atom. The Balaban J connectivity index is 1.83. The first kappa shape index (κ1) is 22.4. The third-order valence-corrected chi connectivity index (χ3v) is 7.04. The molecule has 1 aliphatic heterocycles. The van der Waals surface area contributed by atoms with Crippen LogP contribution >= 0.6 is 0 Å². The number of hydrogen-bond acceptors (Lipinski definition) is 7. The van der Waals surface area contributed by atoms with E-state index in [1.54, 1.807) is 26.0 Å². The average Bonchev–Trinajstić information content (AvgIpc) is 2.79. The monoisotopic (exact) mass is 442 g/mol. The van der Waals surface area contributed by atoms with Crippen LogP contribution in [0.3, 0.4) is 0 Å². The quantitative estimate of drug-likeness (QED) is 0.541. The standard InChI is InChI=1S/C25H30O7/c1-4-14(2)24(29)31-21-11-17-19(32-25(21,3)15-8-6-5-7-9-15)12-20-22(23(17)28)18(27)10-16(13-26)30-20/h4,10,12,15,21,26,28H,5-9,11,13H2,1-3H3. The molecule has 2 atom stereocenters. The number of aliphatic hydroxyl groups is 1. The zero-order valence-electron chi connectivity index (χ0n) is 18.8. The van der Waals surface area contributed by atoms with Gasteiger partial charge in [-0.1, -0.05) is 25.3 Å². The van der Waals surface area contributed by atoms with Crippen molar-refractivity contribution in [3.63, 3.8) is 0 Å². The first-order valence-electron chi connectivity index (χ1n) is 11.2. The van der Waals surface area contributed by atoms with E-state index in [0.29, 0.717) is 16.9 Å². The van der Waals surface area contributed by atoms with Crippen molar-refractivity contribution in [2.24, 2.45) is 5.92 Å². The summed E-state index contributed by atoms with van der Waals surface area (Å²) in [4.78, 5) is 25.2. The molecule has 2 unspecified atom stereocenters. The van der Waals surface area contributed by atoms with Gasteiger partial charge in [0.15, 0.2) is 5.43 Å². The molecule has 1 aromatic carbocycles. The Hall–Kier alpha value is -2.80. The number of ether oxygens (including phenoxy) is 2. The summed E-state index contributed by atoms with van der Waals surface area (Å²) in [5.74, 6) is 0.0589. The number of aromatic hydroxyl groups is 1. The van der Waals surface area contributed by atoms with Crippen LogP contribution in [0.2, 0.25) is 0 Å². The van der Waals surface area contributed by atoms with Crippen LogP contribution in [0.1, 0.15) is 64.2 Å². The molecule has 4 rings (SSSR count).